The van der Waals surface area contributed by atoms with E-state index in [1.54, 1.807) is 0 Å². The van der Waals surface area contributed by atoms with Crippen LogP contribution in [0.25, 0.3) is 0 Å². The molecule has 1 aromatic carbocycles. The fraction of sp³-hybridized carbons (Fsp3) is 0.647. The van der Waals surface area contributed by atoms with E-state index >= 15 is 0 Å². The molecular weight excluding hydrogens is 232 g/mol. The lowest BCUT2D eigenvalue weighted by atomic mass is 9.92. The SMILES string of the molecule is CCN(CC)Cc1ccc(CC2CCCNC2)cc1. The Hall–Kier alpha value is -0.860. The highest BCUT2D eigenvalue weighted by Gasteiger charge is 2.13. The van der Waals surface area contributed by atoms with Crippen LogP contribution in [0.1, 0.15) is 37.8 Å². The number of nitrogens with zero attached hydrogens (tertiary/aromatic N) is 1. The van der Waals surface area contributed by atoms with E-state index < -0.39 is 0 Å². The Balaban J connectivity index is 1.86. The summed E-state index contributed by atoms with van der Waals surface area (Å²) in [6, 6.07) is 9.27. The minimum absolute atomic E-state index is 0.836. The van der Waals surface area contributed by atoms with Gasteiger partial charge in [0.1, 0.15) is 0 Å². The quantitative estimate of drug-likeness (QED) is 0.845. The molecule has 2 rings (SSSR count). The predicted molar refractivity (Wildman–Crippen MR) is 82.4 cm³/mol. The van der Waals surface area contributed by atoms with Crippen molar-refractivity contribution in [2.75, 3.05) is 26.2 Å². The molecule has 0 amide bonds. The van der Waals surface area contributed by atoms with E-state index in [1.807, 2.05) is 0 Å². The van der Waals surface area contributed by atoms with Gasteiger partial charge in [0.2, 0.25) is 0 Å². The van der Waals surface area contributed by atoms with Crippen molar-refractivity contribution in [1.29, 1.82) is 0 Å². The summed E-state index contributed by atoms with van der Waals surface area (Å²) in [6.07, 6.45) is 3.96. The number of benzene rings is 1. The van der Waals surface area contributed by atoms with Crippen LogP contribution >= 0.6 is 0 Å². The Morgan fingerprint density at radius 2 is 1.79 bits per heavy atom. The van der Waals surface area contributed by atoms with Crippen LogP contribution in [-0.2, 0) is 13.0 Å². The maximum Gasteiger partial charge on any atom is 0.0233 e. The molecule has 0 bridgehead atoms. The molecule has 2 heteroatoms. The van der Waals surface area contributed by atoms with E-state index in [2.05, 4.69) is 48.3 Å². The molecule has 0 aromatic heterocycles. The van der Waals surface area contributed by atoms with E-state index in [-0.39, 0.29) is 0 Å². The van der Waals surface area contributed by atoms with Gasteiger partial charge >= 0.3 is 0 Å². The van der Waals surface area contributed by atoms with Crippen molar-refractivity contribution >= 4 is 0 Å². The minimum atomic E-state index is 0.836. The molecule has 0 spiro atoms. The van der Waals surface area contributed by atoms with Gasteiger partial charge in [-0.25, -0.2) is 0 Å². The van der Waals surface area contributed by atoms with E-state index in [0.717, 1.165) is 25.6 Å². The summed E-state index contributed by atoms with van der Waals surface area (Å²) in [5.74, 6) is 0.836. The minimum Gasteiger partial charge on any atom is -0.316 e. The molecule has 1 N–H and O–H groups in total. The van der Waals surface area contributed by atoms with Crippen molar-refractivity contribution < 1.29 is 0 Å². The number of rotatable bonds is 6. The molecule has 1 aromatic rings. The highest BCUT2D eigenvalue weighted by Crippen LogP contribution is 2.17. The third-order valence-electron chi connectivity index (χ3n) is 4.25. The average molecular weight is 260 g/mol. The summed E-state index contributed by atoms with van der Waals surface area (Å²) in [4.78, 5) is 2.46. The molecule has 0 radical (unpaired) electrons. The van der Waals surface area contributed by atoms with Crippen LogP contribution in [0.3, 0.4) is 0 Å². The van der Waals surface area contributed by atoms with Gasteiger partial charge in [-0.05, 0) is 62.5 Å². The molecule has 1 atom stereocenters. The highest BCUT2D eigenvalue weighted by molar-refractivity contribution is 5.23. The first-order valence-corrected chi connectivity index (χ1v) is 7.82. The molecule has 0 aliphatic carbocycles. The van der Waals surface area contributed by atoms with Crippen molar-refractivity contribution in [3.8, 4) is 0 Å². The van der Waals surface area contributed by atoms with E-state index in [1.165, 1.54) is 43.5 Å². The molecule has 106 valence electrons. The van der Waals surface area contributed by atoms with Crippen LogP contribution in [0.2, 0.25) is 0 Å². The number of hydrogen-bond acceptors (Lipinski definition) is 2. The topological polar surface area (TPSA) is 15.3 Å². The molecule has 1 saturated heterocycles. The van der Waals surface area contributed by atoms with E-state index in [9.17, 15) is 0 Å². The molecule has 0 saturated carbocycles. The summed E-state index contributed by atoms with van der Waals surface area (Å²) < 4.78 is 0. The monoisotopic (exact) mass is 260 g/mol. The van der Waals surface area contributed by atoms with Gasteiger partial charge in [0.15, 0.2) is 0 Å². The van der Waals surface area contributed by atoms with Crippen molar-refractivity contribution in [3.05, 3.63) is 35.4 Å². The van der Waals surface area contributed by atoms with Crippen LogP contribution in [-0.4, -0.2) is 31.1 Å². The van der Waals surface area contributed by atoms with Gasteiger partial charge in [-0.2, -0.15) is 0 Å². The molecule has 19 heavy (non-hydrogen) atoms. The highest BCUT2D eigenvalue weighted by atomic mass is 15.1. The van der Waals surface area contributed by atoms with Crippen molar-refractivity contribution in [1.82, 2.24) is 10.2 Å². The molecule has 1 unspecified atom stereocenters. The fourth-order valence-electron chi connectivity index (χ4n) is 2.92. The van der Waals surface area contributed by atoms with Gasteiger partial charge in [0, 0.05) is 6.54 Å². The first kappa shape index (κ1) is 14.5. The zero-order valence-electron chi connectivity index (χ0n) is 12.5. The normalized spacial score (nSPS) is 19.8. The summed E-state index contributed by atoms with van der Waals surface area (Å²) in [5, 5.41) is 3.50. The smallest absolute Gasteiger partial charge is 0.0233 e. The maximum atomic E-state index is 3.50. The largest absolute Gasteiger partial charge is 0.316 e. The fourth-order valence-corrected chi connectivity index (χ4v) is 2.92. The van der Waals surface area contributed by atoms with Gasteiger partial charge in [0.05, 0.1) is 0 Å². The van der Waals surface area contributed by atoms with Gasteiger partial charge in [-0.1, -0.05) is 38.1 Å². The second-order valence-corrected chi connectivity index (χ2v) is 5.69. The lowest BCUT2D eigenvalue weighted by molar-refractivity contribution is 0.296. The zero-order valence-corrected chi connectivity index (χ0v) is 12.5. The van der Waals surface area contributed by atoms with Gasteiger partial charge in [-0.15, -0.1) is 0 Å². The summed E-state index contributed by atoms with van der Waals surface area (Å²) in [7, 11) is 0. The Kier molecular flexibility index (Phi) is 5.87. The Morgan fingerprint density at radius 1 is 1.11 bits per heavy atom. The van der Waals surface area contributed by atoms with Crippen LogP contribution in [0.4, 0.5) is 0 Å². The van der Waals surface area contributed by atoms with Crippen LogP contribution in [0.5, 0.6) is 0 Å². The van der Waals surface area contributed by atoms with Gasteiger partial charge < -0.3 is 5.32 Å². The summed E-state index contributed by atoms with van der Waals surface area (Å²) >= 11 is 0. The maximum absolute atomic E-state index is 3.50. The number of nitrogens with one attached hydrogen (secondary N) is 1. The molecular formula is C17H28N2. The van der Waals surface area contributed by atoms with Gasteiger partial charge in [-0.3, -0.25) is 4.90 Å². The average Bonchev–Trinajstić information content (AvgIpc) is 2.47. The second kappa shape index (κ2) is 7.66. The number of hydrogen-bond donors (Lipinski definition) is 1. The first-order chi connectivity index (χ1) is 9.31. The van der Waals surface area contributed by atoms with Crippen LogP contribution in [0, 0.1) is 5.92 Å². The van der Waals surface area contributed by atoms with E-state index in [0.29, 0.717) is 0 Å². The first-order valence-electron chi connectivity index (χ1n) is 7.82. The summed E-state index contributed by atoms with van der Waals surface area (Å²) in [5.41, 5.74) is 2.94. The lowest BCUT2D eigenvalue weighted by Crippen LogP contribution is -2.30. The van der Waals surface area contributed by atoms with Crippen LogP contribution in [0.15, 0.2) is 24.3 Å². The van der Waals surface area contributed by atoms with Crippen molar-refractivity contribution in [3.63, 3.8) is 0 Å². The Morgan fingerprint density at radius 3 is 2.37 bits per heavy atom. The number of piperidine rings is 1. The second-order valence-electron chi connectivity index (χ2n) is 5.69. The molecule has 1 aliphatic heterocycles. The lowest BCUT2D eigenvalue weighted by Gasteiger charge is -2.23. The Labute approximate surface area is 118 Å². The molecule has 2 nitrogen and oxygen atoms in total. The molecule has 1 heterocycles. The zero-order chi connectivity index (χ0) is 13.5. The van der Waals surface area contributed by atoms with Crippen LogP contribution < -0.4 is 5.32 Å². The van der Waals surface area contributed by atoms with Crippen molar-refractivity contribution in [2.24, 2.45) is 5.92 Å². The standard InChI is InChI=1S/C17H28N2/c1-3-19(4-2)14-16-9-7-15(8-10-16)12-17-6-5-11-18-13-17/h7-10,17-18H,3-6,11-14H2,1-2H3. The third-order valence-corrected chi connectivity index (χ3v) is 4.25. The Bertz CT molecular complexity index is 348. The van der Waals surface area contributed by atoms with Gasteiger partial charge in [0.25, 0.3) is 0 Å². The predicted octanol–water partition coefficient (Wildman–Crippen LogP) is 3.07. The third kappa shape index (κ3) is 4.63. The van der Waals surface area contributed by atoms with Crippen molar-refractivity contribution in [2.45, 2.75) is 39.7 Å². The summed E-state index contributed by atoms with van der Waals surface area (Å²) in [6.45, 7) is 10.2. The molecule has 1 fully saturated rings. The van der Waals surface area contributed by atoms with E-state index in [4.69, 9.17) is 0 Å². The molecule has 1 aliphatic rings.